The van der Waals surface area contributed by atoms with E-state index in [-0.39, 0.29) is 0 Å². The molecule has 114 valence electrons. The monoisotopic (exact) mass is 296 g/mol. The summed E-state index contributed by atoms with van der Waals surface area (Å²) in [4.78, 5) is 23.9. The highest BCUT2D eigenvalue weighted by Crippen LogP contribution is 2.13. The summed E-state index contributed by atoms with van der Waals surface area (Å²) in [7, 11) is 0. The Morgan fingerprint density at radius 2 is 1.18 bits per heavy atom. The summed E-state index contributed by atoms with van der Waals surface area (Å²) in [6.07, 6.45) is 1.75. The van der Waals surface area contributed by atoms with Crippen LogP contribution in [0.15, 0.2) is 48.5 Å². The van der Waals surface area contributed by atoms with Gasteiger partial charge in [0.25, 0.3) is 0 Å². The zero-order chi connectivity index (χ0) is 15.9. The van der Waals surface area contributed by atoms with Gasteiger partial charge in [0, 0.05) is 11.4 Å². The van der Waals surface area contributed by atoms with Crippen LogP contribution in [-0.2, 0) is 22.4 Å². The van der Waals surface area contributed by atoms with Crippen molar-refractivity contribution in [2.24, 2.45) is 0 Å². The van der Waals surface area contributed by atoms with Crippen molar-refractivity contribution in [1.29, 1.82) is 0 Å². The van der Waals surface area contributed by atoms with E-state index < -0.39 is 11.8 Å². The van der Waals surface area contributed by atoms with E-state index in [2.05, 4.69) is 10.6 Å². The lowest BCUT2D eigenvalue weighted by molar-refractivity contribution is -0.132. The highest BCUT2D eigenvalue weighted by atomic mass is 16.2. The standard InChI is InChI=1S/C18H20N2O2/c1-3-13-7-5-9-15(11-13)19-17(21)18(22)20-16-10-6-8-14(4-2)12-16/h5-12H,3-4H2,1-2H3,(H,19,21)(H,20,22). The molecule has 22 heavy (non-hydrogen) atoms. The zero-order valence-corrected chi connectivity index (χ0v) is 12.8. The summed E-state index contributed by atoms with van der Waals surface area (Å²) < 4.78 is 0. The van der Waals surface area contributed by atoms with Crippen molar-refractivity contribution in [1.82, 2.24) is 0 Å². The van der Waals surface area contributed by atoms with Crippen molar-refractivity contribution in [2.45, 2.75) is 26.7 Å². The number of anilines is 2. The van der Waals surface area contributed by atoms with E-state index >= 15 is 0 Å². The molecule has 2 rings (SSSR count). The van der Waals surface area contributed by atoms with Crippen LogP contribution in [0.1, 0.15) is 25.0 Å². The molecule has 0 atom stereocenters. The van der Waals surface area contributed by atoms with E-state index in [1.165, 1.54) is 0 Å². The number of carbonyl (C=O) groups is 2. The molecule has 0 aliphatic heterocycles. The molecule has 0 aliphatic rings. The van der Waals surface area contributed by atoms with Gasteiger partial charge < -0.3 is 10.6 Å². The van der Waals surface area contributed by atoms with Gasteiger partial charge in [-0.25, -0.2) is 0 Å². The minimum absolute atomic E-state index is 0.627. The first-order chi connectivity index (χ1) is 10.6. The Balaban J connectivity index is 2.01. The molecule has 0 aromatic heterocycles. The average molecular weight is 296 g/mol. The van der Waals surface area contributed by atoms with Crippen LogP contribution in [-0.4, -0.2) is 11.8 Å². The molecule has 2 amide bonds. The summed E-state index contributed by atoms with van der Waals surface area (Å²) >= 11 is 0. The third kappa shape index (κ3) is 4.19. The summed E-state index contributed by atoms with van der Waals surface area (Å²) in [5.41, 5.74) is 3.46. The van der Waals surface area contributed by atoms with Crippen LogP contribution in [0.25, 0.3) is 0 Å². The van der Waals surface area contributed by atoms with Gasteiger partial charge >= 0.3 is 11.8 Å². The van der Waals surface area contributed by atoms with Crippen molar-refractivity contribution in [2.75, 3.05) is 10.6 Å². The Kier molecular flexibility index (Phi) is 5.31. The molecular weight excluding hydrogens is 276 g/mol. The molecule has 0 unspecified atom stereocenters. The number of hydrogen-bond acceptors (Lipinski definition) is 2. The van der Waals surface area contributed by atoms with E-state index in [1.807, 2.05) is 50.2 Å². The molecule has 2 N–H and O–H groups in total. The number of nitrogens with one attached hydrogen (secondary N) is 2. The molecular formula is C18H20N2O2. The number of rotatable bonds is 4. The fourth-order valence-electron chi connectivity index (χ4n) is 2.11. The van der Waals surface area contributed by atoms with E-state index in [4.69, 9.17) is 0 Å². The van der Waals surface area contributed by atoms with Crippen LogP contribution < -0.4 is 10.6 Å². The molecule has 2 aromatic carbocycles. The first-order valence-electron chi connectivity index (χ1n) is 7.42. The van der Waals surface area contributed by atoms with Gasteiger partial charge in [0.05, 0.1) is 0 Å². The molecule has 0 spiro atoms. The molecule has 0 bridgehead atoms. The Morgan fingerprint density at radius 3 is 1.55 bits per heavy atom. The van der Waals surface area contributed by atoms with Crippen molar-refractivity contribution in [3.05, 3.63) is 59.7 Å². The lowest BCUT2D eigenvalue weighted by Crippen LogP contribution is -2.29. The number of aryl methyl sites for hydroxylation is 2. The zero-order valence-electron chi connectivity index (χ0n) is 12.8. The molecule has 0 heterocycles. The fraction of sp³-hybridized carbons (Fsp3) is 0.222. The predicted octanol–water partition coefficient (Wildman–Crippen LogP) is 3.39. The van der Waals surface area contributed by atoms with E-state index in [0.717, 1.165) is 24.0 Å². The van der Waals surface area contributed by atoms with Crippen molar-refractivity contribution < 1.29 is 9.59 Å². The minimum Gasteiger partial charge on any atom is -0.318 e. The smallest absolute Gasteiger partial charge is 0.314 e. The van der Waals surface area contributed by atoms with Crippen molar-refractivity contribution >= 4 is 23.2 Å². The second-order valence-corrected chi connectivity index (χ2v) is 5.02. The normalized spacial score (nSPS) is 10.1. The summed E-state index contributed by atoms with van der Waals surface area (Å²) in [6.45, 7) is 4.07. The molecule has 0 saturated heterocycles. The Bertz CT molecular complexity index is 621. The maximum Gasteiger partial charge on any atom is 0.314 e. The van der Waals surface area contributed by atoms with Crippen LogP contribution in [0.2, 0.25) is 0 Å². The SMILES string of the molecule is CCc1cccc(NC(=O)C(=O)Nc2cccc(CC)c2)c1. The van der Waals surface area contributed by atoms with Gasteiger partial charge in [-0.15, -0.1) is 0 Å². The molecule has 4 heteroatoms. The summed E-state index contributed by atoms with van der Waals surface area (Å²) in [5, 5.41) is 5.23. The third-order valence-corrected chi connectivity index (χ3v) is 3.39. The van der Waals surface area contributed by atoms with Gasteiger partial charge in [0.2, 0.25) is 0 Å². The van der Waals surface area contributed by atoms with E-state index in [0.29, 0.717) is 11.4 Å². The van der Waals surface area contributed by atoms with Gasteiger partial charge in [0.15, 0.2) is 0 Å². The van der Waals surface area contributed by atoms with Crippen LogP contribution >= 0.6 is 0 Å². The molecule has 4 nitrogen and oxygen atoms in total. The third-order valence-electron chi connectivity index (χ3n) is 3.39. The largest absolute Gasteiger partial charge is 0.318 e. The molecule has 0 radical (unpaired) electrons. The average Bonchev–Trinajstić information content (AvgIpc) is 2.55. The summed E-state index contributed by atoms with van der Waals surface area (Å²) in [5.74, 6) is -1.34. The van der Waals surface area contributed by atoms with E-state index in [1.54, 1.807) is 12.1 Å². The number of hydrogen-bond donors (Lipinski definition) is 2. The van der Waals surface area contributed by atoms with Crippen molar-refractivity contribution in [3.63, 3.8) is 0 Å². The van der Waals surface area contributed by atoms with Crippen LogP contribution in [0.3, 0.4) is 0 Å². The first kappa shape index (κ1) is 15.8. The Labute approximate surface area is 130 Å². The molecule has 0 aliphatic carbocycles. The molecule has 0 saturated carbocycles. The minimum atomic E-state index is -0.671. The Morgan fingerprint density at radius 1 is 0.773 bits per heavy atom. The quantitative estimate of drug-likeness (QED) is 0.850. The molecule has 2 aromatic rings. The Hall–Kier alpha value is -2.62. The second kappa shape index (κ2) is 7.41. The van der Waals surface area contributed by atoms with Gasteiger partial charge in [-0.3, -0.25) is 9.59 Å². The van der Waals surface area contributed by atoms with Gasteiger partial charge in [0.1, 0.15) is 0 Å². The number of carbonyl (C=O) groups excluding carboxylic acids is 2. The fourth-order valence-corrected chi connectivity index (χ4v) is 2.11. The topological polar surface area (TPSA) is 58.2 Å². The van der Waals surface area contributed by atoms with Crippen molar-refractivity contribution in [3.8, 4) is 0 Å². The number of amides is 2. The van der Waals surface area contributed by atoms with Crippen LogP contribution in [0, 0.1) is 0 Å². The van der Waals surface area contributed by atoms with E-state index in [9.17, 15) is 9.59 Å². The first-order valence-corrected chi connectivity index (χ1v) is 7.42. The maximum atomic E-state index is 11.9. The van der Waals surface area contributed by atoms with Crippen LogP contribution in [0.4, 0.5) is 11.4 Å². The highest BCUT2D eigenvalue weighted by molar-refractivity contribution is 6.43. The van der Waals surface area contributed by atoms with Crippen LogP contribution in [0.5, 0.6) is 0 Å². The maximum absolute atomic E-state index is 11.9. The lowest BCUT2D eigenvalue weighted by atomic mass is 10.1. The second-order valence-electron chi connectivity index (χ2n) is 5.02. The van der Waals surface area contributed by atoms with Gasteiger partial charge in [-0.2, -0.15) is 0 Å². The lowest BCUT2D eigenvalue weighted by Gasteiger charge is -2.08. The number of benzene rings is 2. The molecule has 0 fully saturated rings. The summed E-state index contributed by atoms with van der Waals surface area (Å²) in [6, 6.07) is 14.9. The van der Waals surface area contributed by atoms with Gasteiger partial charge in [-0.05, 0) is 48.2 Å². The predicted molar refractivity (Wildman–Crippen MR) is 88.9 cm³/mol. The van der Waals surface area contributed by atoms with Gasteiger partial charge in [-0.1, -0.05) is 38.1 Å². The highest BCUT2D eigenvalue weighted by Gasteiger charge is 2.14.